The molecule has 0 aliphatic heterocycles. The van der Waals surface area contributed by atoms with Gasteiger partial charge in [0, 0.05) is 19.5 Å². The Balaban J connectivity index is 3.15. The summed E-state index contributed by atoms with van der Waals surface area (Å²) in [5.74, 6) is 2.42. The maximum atomic E-state index is 10.6. The van der Waals surface area contributed by atoms with E-state index in [4.69, 9.17) is 6.42 Å². The quantitative estimate of drug-likeness (QED) is 0.430. The van der Waals surface area contributed by atoms with E-state index in [1.807, 2.05) is 6.92 Å². The van der Waals surface area contributed by atoms with Crippen molar-refractivity contribution in [2.24, 2.45) is 0 Å². The fourth-order valence-corrected chi connectivity index (χ4v) is 0.471. The van der Waals surface area contributed by atoms with Gasteiger partial charge in [0.1, 0.15) is 0 Å². The molecule has 0 aromatic rings. The Bertz CT molecular complexity index is 137. The van der Waals surface area contributed by atoms with Crippen LogP contribution in [-0.2, 0) is 0 Å². The number of nitrogens with one attached hydrogen (secondary N) is 2. The predicted molar refractivity (Wildman–Crippen MR) is 40.5 cm³/mol. The molecule has 10 heavy (non-hydrogen) atoms. The third-order valence-electron chi connectivity index (χ3n) is 0.892. The summed E-state index contributed by atoms with van der Waals surface area (Å²) in [6, 6.07) is -0.155. The molecular weight excluding hydrogens is 128 g/mol. The summed E-state index contributed by atoms with van der Waals surface area (Å²) in [6.07, 6.45) is 5.55. The minimum Gasteiger partial charge on any atom is -0.338 e. The minimum atomic E-state index is -0.155. The third-order valence-corrected chi connectivity index (χ3v) is 0.892. The molecule has 0 heterocycles. The lowest BCUT2D eigenvalue weighted by Gasteiger charge is -2.01. The first-order valence-corrected chi connectivity index (χ1v) is 3.26. The highest BCUT2D eigenvalue weighted by atomic mass is 16.2. The number of carbonyl (C=O) groups excluding carboxylic acids is 1. The molecule has 0 saturated carbocycles. The van der Waals surface area contributed by atoms with Gasteiger partial charge < -0.3 is 10.6 Å². The number of terminal acetylenes is 1. The molecule has 0 fully saturated rings. The van der Waals surface area contributed by atoms with Crippen LogP contribution in [-0.4, -0.2) is 19.1 Å². The van der Waals surface area contributed by atoms with E-state index in [2.05, 4.69) is 16.6 Å². The van der Waals surface area contributed by atoms with Crippen LogP contribution in [0.15, 0.2) is 0 Å². The molecule has 3 heteroatoms. The lowest BCUT2D eigenvalue weighted by atomic mass is 10.4. The van der Waals surface area contributed by atoms with Gasteiger partial charge >= 0.3 is 6.03 Å². The van der Waals surface area contributed by atoms with Crippen LogP contribution >= 0.6 is 0 Å². The van der Waals surface area contributed by atoms with Crippen LogP contribution in [0.25, 0.3) is 0 Å². The van der Waals surface area contributed by atoms with Gasteiger partial charge in [-0.3, -0.25) is 0 Å². The number of carbonyl (C=O) groups is 1. The summed E-state index contributed by atoms with van der Waals surface area (Å²) < 4.78 is 0. The van der Waals surface area contributed by atoms with Crippen LogP contribution in [0, 0.1) is 12.3 Å². The van der Waals surface area contributed by atoms with Crippen molar-refractivity contribution in [3.8, 4) is 12.3 Å². The lowest BCUT2D eigenvalue weighted by Crippen LogP contribution is -2.35. The second kappa shape index (κ2) is 5.96. The molecular formula is C7H12N2O. The zero-order valence-corrected chi connectivity index (χ0v) is 6.11. The molecule has 2 N–H and O–H groups in total. The molecule has 0 radical (unpaired) electrons. The van der Waals surface area contributed by atoms with Gasteiger partial charge in [-0.1, -0.05) is 0 Å². The maximum absolute atomic E-state index is 10.6. The molecule has 0 bridgehead atoms. The highest BCUT2D eigenvalue weighted by Crippen LogP contribution is 1.70. The number of urea groups is 1. The van der Waals surface area contributed by atoms with Gasteiger partial charge in [-0.15, -0.1) is 12.3 Å². The first-order valence-electron chi connectivity index (χ1n) is 3.26. The molecule has 0 atom stereocenters. The molecule has 2 amide bonds. The van der Waals surface area contributed by atoms with Crippen molar-refractivity contribution in [1.29, 1.82) is 0 Å². The van der Waals surface area contributed by atoms with Crippen molar-refractivity contribution in [3.63, 3.8) is 0 Å². The van der Waals surface area contributed by atoms with Crippen molar-refractivity contribution in [2.75, 3.05) is 13.1 Å². The van der Waals surface area contributed by atoms with Gasteiger partial charge in [0.05, 0.1) is 0 Å². The summed E-state index contributed by atoms with van der Waals surface area (Å²) in [5, 5.41) is 5.18. The average molecular weight is 140 g/mol. The van der Waals surface area contributed by atoms with Gasteiger partial charge in [0.2, 0.25) is 0 Å². The Labute approximate surface area is 61.2 Å². The van der Waals surface area contributed by atoms with Crippen LogP contribution in [0.5, 0.6) is 0 Å². The summed E-state index contributed by atoms with van der Waals surface area (Å²) in [6.45, 7) is 3.05. The molecule has 0 aliphatic rings. The van der Waals surface area contributed by atoms with Crippen molar-refractivity contribution in [3.05, 3.63) is 0 Å². The Morgan fingerprint density at radius 2 is 2.30 bits per heavy atom. The topological polar surface area (TPSA) is 41.1 Å². The smallest absolute Gasteiger partial charge is 0.314 e. The molecule has 0 aliphatic carbocycles. The first kappa shape index (κ1) is 8.83. The Morgan fingerprint density at radius 1 is 1.60 bits per heavy atom. The summed E-state index contributed by atoms with van der Waals surface area (Å²) in [4.78, 5) is 10.6. The number of hydrogen-bond donors (Lipinski definition) is 2. The van der Waals surface area contributed by atoms with Gasteiger partial charge in [0.15, 0.2) is 0 Å². The number of hydrogen-bond acceptors (Lipinski definition) is 1. The van der Waals surface area contributed by atoms with E-state index < -0.39 is 0 Å². The normalized spacial score (nSPS) is 8.00. The Morgan fingerprint density at radius 3 is 2.80 bits per heavy atom. The van der Waals surface area contributed by atoms with E-state index in [-0.39, 0.29) is 6.03 Å². The molecule has 0 aromatic heterocycles. The lowest BCUT2D eigenvalue weighted by molar-refractivity contribution is 0.241. The minimum absolute atomic E-state index is 0.155. The predicted octanol–water partition coefficient (Wildman–Crippen LogP) is 0.329. The standard InChI is InChI=1S/C7H12N2O/c1-3-5-6-9-7(10)8-4-2/h1H,4-6H2,2H3,(H2,8,9,10). The largest absolute Gasteiger partial charge is 0.338 e. The molecule has 0 saturated heterocycles. The summed E-state index contributed by atoms with van der Waals surface area (Å²) in [7, 11) is 0. The Hall–Kier alpha value is -1.17. The first-order chi connectivity index (χ1) is 4.81. The van der Waals surface area contributed by atoms with Crippen molar-refractivity contribution in [1.82, 2.24) is 10.6 Å². The van der Waals surface area contributed by atoms with Crippen molar-refractivity contribution < 1.29 is 4.79 Å². The van der Waals surface area contributed by atoms with Crippen LogP contribution in [0.1, 0.15) is 13.3 Å². The zero-order chi connectivity index (χ0) is 7.82. The maximum Gasteiger partial charge on any atom is 0.314 e. The van der Waals surface area contributed by atoms with E-state index >= 15 is 0 Å². The van der Waals surface area contributed by atoms with E-state index in [0.29, 0.717) is 19.5 Å². The molecule has 56 valence electrons. The van der Waals surface area contributed by atoms with Gasteiger partial charge in [0.25, 0.3) is 0 Å². The molecule has 0 aromatic carbocycles. The average Bonchev–Trinajstić information content (AvgIpc) is 1.89. The molecule has 0 unspecified atom stereocenters. The van der Waals surface area contributed by atoms with E-state index in [1.165, 1.54) is 0 Å². The number of amides is 2. The molecule has 0 spiro atoms. The van der Waals surface area contributed by atoms with Crippen LogP contribution < -0.4 is 10.6 Å². The van der Waals surface area contributed by atoms with Crippen LogP contribution in [0.4, 0.5) is 4.79 Å². The van der Waals surface area contributed by atoms with Gasteiger partial charge in [-0.05, 0) is 6.92 Å². The molecule has 0 rings (SSSR count). The Kier molecular flexibility index (Phi) is 5.26. The van der Waals surface area contributed by atoms with Crippen molar-refractivity contribution >= 4 is 6.03 Å². The second-order valence-electron chi connectivity index (χ2n) is 1.74. The highest BCUT2D eigenvalue weighted by Gasteiger charge is 1.92. The monoisotopic (exact) mass is 140 g/mol. The highest BCUT2D eigenvalue weighted by molar-refractivity contribution is 5.73. The SMILES string of the molecule is C#CCCNC(=O)NCC. The van der Waals surface area contributed by atoms with Gasteiger partial charge in [-0.2, -0.15) is 0 Å². The van der Waals surface area contributed by atoms with E-state index in [0.717, 1.165) is 0 Å². The third kappa shape index (κ3) is 4.98. The number of rotatable bonds is 3. The van der Waals surface area contributed by atoms with Crippen LogP contribution in [0.3, 0.4) is 0 Å². The van der Waals surface area contributed by atoms with E-state index in [9.17, 15) is 4.79 Å². The van der Waals surface area contributed by atoms with Crippen molar-refractivity contribution in [2.45, 2.75) is 13.3 Å². The summed E-state index contributed by atoms with van der Waals surface area (Å²) in [5.41, 5.74) is 0. The molecule has 3 nitrogen and oxygen atoms in total. The zero-order valence-electron chi connectivity index (χ0n) is 6.11. The van der Waals surface area contributed by atoms with Crippen LogP contribution in [0.2, 0.25) is 0 Å². The fourth-order valence-electron chi connectivity index (χ4n) is 0.471. The fraction of sp³-hybridized carbons (Fsp3) is 0.571. The van der Waals surface area contributed by atoms with E-state index in [1.54, 1.807) is 0 Å². The van der Waals surface area contributed by atoms with Gasteiger partial charge in [-0.25, -0.2) is 4.79 Å². The second-order valence-corrected chi connectivity index (χ2v) is 1.74. The summed E-state index contributed by atoms with van der Waals surface area (Å²) >= 11 is 0.